The van der Waals surface area contributed by atoms with Crippen LogP contribution in [0.5, 0.6) is 0 Å². The molecule has 2 nitrogen and oxygen atoms in total. The van der Waals surface area contributed by atoms with Gasteiger partial charge in [-0.3, -0.25) is 0 Å². The summed E-state index contributed by atoms with van der Waals surface area (Å²) in [6, 6.07) is 71.8. The Labute approximate surface area is 302 Å². The first-order valence-corrected chi connectivity index (χ1v) is 17.8. The number of para-hydroxylation sites is 3. The minimum atomic E-state index is 0.884. The Balaban J connectivity index is 1.25. The summed E-state index contributed by atoms with van der Waals surface area (Å²) in [5, 5.41) is 7.09. The Bertz CT molecular complexity index is 2910. The number of anilines is 3. The quantitative estimate of drug-likeness (QED) is 0.176. The molecule has 0 amide bonds. The zero-order valence-electron chi connectivity index (χ0n) is 28.4. The van der Waals surface area contributed by atoms with Gasteiger partial charge < -0.3 is 9.32 Å². The minimum Gasteiger partial charge on any atom is -0.456 e. The normalized spacial score (nSPS) is 11.5. The van der Waals surface area contributed by atoms with Crippen molar-refractivity contribution in [2.75, 3.05) is 4.90 Å². The summed E-state index contributed by atoms with van der Waals surface area (Å²) in [4.78, 5) is 2.46. The molecule has 2 heteroatoms. The van der Waals surface area contributed by atoms with Crippen molar-refractivity contribution >= 4 is 60.5 Å². The van der Waals surface area contributed by atoms with E-state index in [-0.39, 0.29) is 0 Å². The minimum absolute atomic E-state index is 0.884. The highest BCUT2D eigenvalue weighted by Crippen LogP contribution is 2.48. The first kappa shape index (κ1) is 30.0. The molecule has 0 fully saturated rings. The maximum absolute atomic E-state index is 6.39. The fourth-order valence-electron chi connectivity index (χ4n) is 7.92. The third-order valence-electron chi connectivity index (χ3n) is 10.3. The van der Waals surface area contributed by atoms with Crippen molar-refractivity contribution in [2.45, 2.75) is 0 Å². The van der Waals surface area contributed by atoms with Crippen LogP contribution in [0.1, 0.15) is 0 Å². The number of rotatable bonds is 6. The second-order valence-corrected chi connectivity index (χ2v) is 13.3. The van der Waals surface area contributed by atoms with Crippen LogP contribution in [0.2, 0.25) is 0 Å². The zero-order valence-corrected chi connectivity index (χ0v) is 28.4. The Hall–Kier alpha value is -6.90. The topological polar surface area (TPSA) is 16.4 Å². The maximum atomic E-state index is 6.39. The second kappa shape index (κ2) is 12.5. The average Bonchev–Trinajstić information content (AvgIpc) is 3.59. The Morgan fingerprint density at radius 3 is 1.71 bits per heavy atom. The van der Waals surface area contributed by atoms with E-state index in [2.05, 4.69) is 193 Å². The van der Waals surface area contributed by atoms with E-state index in [1.165, 1.54) is 38.2 Å². The van der Waals surface area contributed by atoms with Crippen LogP contribution in [0.15, 0.2) is 205 Å². The standard InChI is InChI=1S/C50H33NO/c1-2-15-35(16-3-1)40-25-12-19-36-20-13-26-44(50(36)40)41-23-7-10-28-47(41)51(46-29-14-18-34-17-4-5-21-38(34)46)45-27-9-6-22-39(45)37-31-32-43-42-24-8-11-30-48(42)52-49(43)33-37/h1-33H. The maximum Gasteiger partial charge on any atom is 0.136 e. The smallest absolute Gasteiger partial charge is 0.136 e. The molecular weight excluding hydrogens is 631 g/mol. The van der Waals surface area contributed by atoms with Gasteiger partial charge in [-0.1, -0.05) is 164 Å². The number of hydrogen-bond donors (Lipinski definition) is 0. The third kappa shape index (κ3) is 4.96. The fourth-order valence-corrected chi connectivity index (χ4v) is 7.92. The molecule has 244 valence electrons. The molecule has 0 atom stereocenters. The average molecular weight is 664 g/mol. The lowest BCUT2D eigenvalue weighted by atomic mass is 9.90. The molecule has 52 heavy (non-hydrogen) atoms. The molecule has 0 aliphatic rings. The first-order valence-electron chi connectivity index (χ1n) is 17.8. The van der Waals surface area contributed by atoms with Crippen molar-refractivity contribution in [3.8, 4) is 33.4 Å². The molecule has 9 aromatic carbocycles. The monoisotopic (exact) mass is 663 g/mol. The molecule has 0 saturated carbocycles. The summed E-state index contributed by atoms with van der Waals surface area (Å²) >= 11 is 0. The van der Waals surface area contributed by atoms with Crippen LogP contribution >= 0.6 is 0 Å². The molecule has 0 unspecified atom stereocenters. The molecule has 0 aliphatic carbocycles. The van der Waals surface area contributed by atoms with Gasteiger partial charge in [0.25, 0.3) is 0 Å². The van der Waals surface area contributed by atoms with Gasteiger partial charge in [0.15, 0.2) is 0 Å². The number of fused-ring (bicyclic) bond motifs is 5. The van der Waals surface area contributed by atoms with Gasteiger partial charge >= 0.3 is 0 Å². The third-order valence-corrected chi connectivity index (χ3v) is 10.3. The lowest BCUT2D eigenvalue weighted by Crippen LogP contribution is -2.13. The predicted molar refractivity (Wildman–Crippen MR) is 220 cm³/mol. The number of hydrogen-bond acceptors (Lipinski definition) is 2. The van der Waals surface area contributed by atoms with Crippen LogP contribution in [0, 0.1) is 0 Å². The van der Waals surface area contributed by atoms with E-state index >= 15 is 0 Å². The molecule has 0 N–H and O–H groups in total. The predicted octanol–water partition coefficient (Wildman–Crippen LogP) is 14.4. The van der Waals surface area contributed by atoms with E-state index in [1.54, 1.807) is 0 Å². The molecule has 0 radical (unpaired) electrons. The van der Waals surface area contributed by atoms with E-state index in [0.717, 1.165) is 55.7 Å². The summed E-state index contributed by atoms with van der Waals surface area (Å²) in [5.74, 6) is 0. The zero-order chi connectivity index (χ0) is 34.4. The largest absolute Gasteiger partial charge is 0.456 e. The van der Waals surface area contributed by atoms with E-state index in [9.17, 15) is 0 Å². The lowest BCUT2D eigenvalue weighted by molar-refractivity contribution is 0.669. The van der Waals surface area contributed by atoms with Crippen molar-refractivity contribution in [1.82, 2.24) is 0 Å². The van der Waals surface area contributed by atoms with Crippen molar-refractivity contribution < 1.29 is 4.42 Å². The van der Waals surface area contributed by atoms with Gasteiger partial charge in [0.1, 0.15) is 11.2 Å². The SMILES string of the molecule is c1ccc(-c2cccc3cccc(-c4ccccc4N(c4ccccc4-c4ccc5c(c4)oc4ccccc45)c4cccc5ccccc45)c23)cc1. The van der Waals surface area contributed by atoms with Crippen LogP contribution in [0.4, 0.5) is 17.1 Å². The summed E-state index contributed by atoms with van der Waals surface area (Å²) in [5.41, 5.74) is 12.1. The molecule has 0 spiro atoms. The molecule has 0 saturated heterocycles. The van der Waals surface area contributed by atoms with Gasteiger partial charge in [-0.15, -0.1) is 0 Å². The summed E-state index contributed by atoms with van der Waals surface area (Å²) in [6.45, 7) is 0. The van der Waals surface area contributed by atoms with Crippen molar-refractivity contribution in [3.05, 3.63) is 200 Å². The Morgan fingerprint density at radius 2 is 0.865 bits per heavy atom. The van der Waals surface area contributed by atoms with Crippen molar-refractivity contribution in [3.63, 3.8) is 0 Å². The van der Waals surface area contributed by atoms with E-state index < -0.39 is 0 Å². The van der Waals surface area contributed by atoms with Crippen LogP contribution < -0.4 is 4.90 Å². The molecule has 10 aromatic rings. The highest BCUT2D eigenvalue weighted by molar-refractivity contribution is 6.11. The molecule has 0 aliphatic heterocycles. The van der Waals surface area contributed by atoms with Gasteiger partial charge in [-0.05, 0) is 74.8 Å². The number of furan rings is 1. The second-order valence-electron chi connectivity index (χ2n) is 13.3. The summed E-state index contributed by atoms with van der Waals surface area (Å²) < 4.78 is 6.39. The Morgan fingerprint density at radius 1 is 0.308 bits per heavy atom. The number of benzene rings is 9. The summed E-state index contributed by atoms with van der Waals surface area (Å²) in [6.07, 6.45) is 0. The molecule has 1 heterocycles. The van der Waals surface area contributed by atoms with Crippen LogP contribution in [-0.2, 0) is 0 Å². The van der Waals surface area contributed by atoms with Crippen molar-refractivity contribution in [1.29, 1.82) is 0 Å². The van der Waals surface area contributed by atoms with Crippen LogP contribution in [0.25, 0.3) is 76.9 Å². The van der Waals surface area contributed by atoms with Gasteiger partial charge in [0.05, 0.1) is 17.1 Å². The number of nitrogens with zero attached hydrogens (tertiary/aromatic N) is 1. The molecule has 10 rings (SSSR count). The summed E-state index contributed by atoms with van der Waals surface area (Å²) in [7, 11) is 0. The first-order chi connectivity index (χ1) is 25.8. The van der Waals surface area contributed by atoms with E-state index in [1.807, 2.05) is 12.1 Å². The Kier molecular flexibility index (Phi) is 7.18. The molecular formula is C50H33NO. The highest BCUT2D eigenvalue weighted by Gasteiger charge is 2.23. The fraction of sp³-hybridized carbons (Fsp3) is 0. The van der Waals surface area contributed by atoms with Gasteiger partial charge in [0, 0.05) is 27.3 Å². The van der Waals surface area contributed by atoms with Crippen molar-refractivity contribution in [2.24, 2.45) is 0 Å². The van der Waals surface area contributed by atoms with Gasteiger partial charge in [0.2, 0.25) is 0 Å². The van der Waals surface area contributed by atoms with E-state index in [0.29, 0.717) is 0 Å². The molecule has 0 bridgehead atoms. The van der Waals surface area contributed by atoms with Crippen LogP contribution in [0.3, 0.4) is 0 Å². The van der Waals surface area contributed by atoms with E-state index in [4.69, 9.17) is 4.42 Å². The molecule has 1 aromatic heterocycles. The van der Waals surface area contributed by atoms with Gasteiger partial charge in [-0.2, -0.15) is 0 Å². The van der Waals surface area contributed by atoms with Gasteiger partial charge in [-0.25, -0.2) is 0 Å². The lowest BCUT2D eigenvalue weighted by Gasteiger charge is -2.31. The van der Waals surface area contributed by atoms with Crippen LogP contribution in [-0.4, -0.2) is 0 Å². The highest BCUT2D eigenvalue weighted by atomic mass is 16.3.